The number of benzene rings is 1. The Morgan fingerprint density at radius 3 is 2.47 bits per heavy atom. The number of rotatable bonds is 7. The number of likely N-dealkylation sites (tertiary alicyclic amines) is 1. The molecule has 9 heteroatoms. The van der Waals surface area contributed by atoms with E-state index in [1.54, 1.807) is 25.6 Å². The van der Waals surface area contributed by atoms with Crippen molar-refractivity contribution in [3.63, 3.8) is 0 Å². The molecule has 1 saturated heterocycles. The summed E-state index contributed by atoms with van der Waals surface area (Å²) in [4.78, 5) is 11.6. The van der Waals surface area contributed by atoms with Crippen LogP contribution in [0.1, 0.15) is 43.5 Å². The number of methoxy groups -OCH3 is 2. The average molecular weight is 574 g/mol. The quantitative estimate of drug-likeness (QED) is 0.297. The van der Waals surface area contributed by atoms with Crippen LogP contribution in [-0.2, 0) is 18.5 Å². The van der Waals surface area contributed by atoms with E-state index in [0.29, 0.717) is 12.6 Å². The van der Waals surface area contributed by atoms with Crippen LogP contribution in [0.5, 0.6) is 11.5 Å². The number of hydrogen-bond acceptors (Lipinski definition) is 6. The van der Waals surface area contributed by atoms with Gasteiger partial charge in [-0.05, 0) is 24.1 Å². The number of guanidine groups is 1. The number of nitrogens with one attached hydrogen (secondary N) is 2. The third kappa shape index (κ3) is 7.48. The fraction of sp³-hybridized carbons (Fsp3) is 0.565. The summed E-state index contributed by atoms with van der Waals surface area (Å²) in [5, 5.41) is 10.2. The normalized spacial score (nSPS) is 17.1. The van der Waals surface area contributed by atoms with Gasteiger partial charge in [0, 0.05) is 49.6 Å². The number of ether oxygens (including phenoxy) is 2. The van der Waals surface area contributed by atoms with Gasteiger partial charge in [0.2, 0.25) is 0 Å². The first-order valence-electron chi connectivity index (χ1n) is 10.7. The second-order valence-electron chi connectivity index (χ2n) is 8.89. The molecule has 1 unspecified atom stereocenters. The maximum absolute atomic E-state index is 5.39. The maximum Gasteiger partial charge on any atom is 0.191 e. The maximum atomic E-state index is 5.39. The molecule has 1 fully saturated rings. The molecule has 0 aliphatic carbocycles. The minimum atomic E-state index is 0. The van der Waals surface area contributed by atoms with Gasteiger partial charge in [-0.3, -0.25) is 9.89 Å². The second kappa shape index (κ2) is 12.0. The third-order valence-electron chi connectivity index (χ3n) is 5.38. The Morgan fingerprint density at radius 2 is 1.91 bits per heavy atom. The Hall–Kier alpha value is -1.59. The molecule has 1 aliphatic rings. The molecule has 1 atom stereocenters. The fourth-order valence-corrected chi connectivity index (χ4v) is 4.55. The van der Waals surface area contributed by atoms with Crippen LogP contribution in [0.3, 0.4) is 0 Å². The summed E-state index contributed by atoms with van der Waals surface area (Å²) in [5.41, 5.74) is 2.41. The zero-order valence-corrected chi connectivity index (χ0v) is 23.0. The van der Waals surface area contributed by atoms with Crippen molar-refractivity contribution in [1.82, 2.24) is 20.5 Å². The summed E-state index contributed by atoms with van der Waals surface area (Å²) in [6, 6.07) is 6.41. The van der Waals surface area contributed by atoms with Crippen LogP contribution in [0.15, 0.2) is 28.6 Å². The summed E-state index contributed by atoms with van der Waals surface area (Å²) in [7, 11) is 5.18. The number of halogens is 1. The first kappa shape index (κ1) is 26.7. The number of thiazole rings is 1. The van der Waals surface area contributed by atoms with Gasteiger partial charge in [-0.1, -0.05) is 20.8 Å². The predicted molar refractivity (Wildman–Crippen MR) is 143 cm³/mol. The highest BCUT2D eigenvalue weighted by molar-refractivity contribution is 14.0. The zero-order chi connectivity index (χ0) is 22.4. The monoisotopic (exact) mass is 573 g/mol. The van der Waals surface area contributed by atoms with Crippen molar-refractivity contribution in [3.05, 3.63) is 39.8 Å². The summed E-state index contributed by atoms with van der Waals surface area (Å²) in [6.07, 6.45) is 1.08. The molecule has 1 aromatic carbocycles. The van der Waals surface area contributed by atoms with E-state index in [2.05, 4.69) is 58.8 Å². The van der Waals surface area contributed by atoms with Gasteiger partial charge in [0.25, 0.3) is 0 Å². The molecule has 0 radical (unpaired) electrons. The number of aliphatic imine (C=N–C) groups is 1. The Labute approximate surface area is 213 Å². The number of aromatic nitrogens is 1. The lowest BCUT2D eigenvalue weighted by Crippen LogP contribution is -2.44. The van der Waals surface area contributed by atoms with Gasteiger partial charge in [-0.15, -0.1) is 35.3 Å². The van der Waals surface area contributed by atoms with Gasteiger partial charge in [-0.2, -0.15) is 0 Å². The molecule has 7 nitrogen and oxygen atoms in total. The minimum absolute atomic E-state index is 0. The molecule has 2 heterocycles. The van der Waals surface area contributed by atoms with Crippen LogP contribution in [0.2, 0.25) is 0 Å². The van der Waals surface area contributed by atoms with Crippen molar-refractivity contribution >= 4 is 41.3 Å². The highest BCUT2D eigenvalue weighted by Crippen LogP contribution is 2.25. The van der Waals surface area contributed by atoms with Crippen molar-refractivity contribution in [3.8, 4) is 11.5 Å². The van der Waals surface area contributed by atoms with Gasteiger partial charge >= 0.3 is 0 Å². The van der Waals surface area contributed by atoms with Crippen molar-refractivity contribution in [1.29, 1.82) is 0 Å². The molecule has 2 aromatic rings. The van der Waals surface area contributed by atoms with Crippen LogP contribution < -0.4 is 20.1 Å². The first-order chi connectivity index (χ1) is 14.8. The van der Waals surface area contributed by atoms with Gasteiger partial charge in [0.1, 0.15) is 16.5 Å². The summed E-state index contributed by atoms with van der Waals surface area (Å²) in [6.45, 7) is 10.1. The lowest BCUT2D eigenvalue weighted by molar-refractivity contribution is 0.321. The molecule has 1 aliphatic heterocycles. The molecule has 2 N–H and O–H groups in total. The topological polar surface area (TPSA) is 71.0 Å². The van der Waals surface area contributed by atoms with Crippen molar-refractivity contribution in [2.75, 3.05) is 34.4 Å². The van der Waals surface area contributed by atoms with E-state index < -0.39 is 0 Å². The Kier molecular flexibility index (Phi) is 10.0. The van der Waals surface area contributed by atoms with Crippen molar-refractivity contribution in [2.24, 2.45) is 4.99 Å². The molecule has 32 heavy (non-hydrogen) atoms. The van der Waals surface area contributed by atoms with Crippen LogP contribution in [0.4, 0.5) is 0 Å². The number of hydrogen-bond donors (Lipinski definition) is 2. The first-order valence-corrected chi connectivity index (χ1v) is 11.5. The highest BCUT2D eigenvalue weighted by Gasteiger charge is 2.24. The summed E-state index contributed by atoms with van der Waals surface area (Å²) in [5.74, 6) is 2.47. The standard InChI is InChI=1S/C23H35N5O2S.HI/c1-23(2,3)20-15-31-21(27-20)12-25-22(24-4)26-17-7-8-28(14-17)13-16-9-18(29-5)11-19(10-16)30-6;/h9-11,15,17H,7-8,12-14H2,1-6H3,(H2,24,25,26);1H. The minimum Gasteiger partial charge on any atom is -0.497 e. The van der Waals surface area contributed by atoms with Crippen LogP contribution in [0.25, 0.3) is 0 Å². The van der Waals surface area contributed by atoms with E-state index in [9.17, 15) is 0 Å². The molecule has 0 saturated carbocycles. The van der Waals surface area contributed by atoms with Crippen LogP contribution in [0, 0.1) is 0 Å². The van der Waals surface area contributed by atoms with Gasteiger partial charge in [0.15, 0.2) is 5.96 Å². The molecule has 0 bridgehead atoms. The molecule has 1 aromatic heterocycles. The summed E-state index contributed by atoms with van der Waals surface area (Å²) >= 11 is 1.69. The summed E-state index contributed by atoms with van der Waals surface area (Å²) < 4.78 is 10.8. The lowest BCUT2D eigenvalue weighted by Gasteiger charge is -2.19. The third-order valence-corrected chi connectivity index (χ3v) is 6.23. The molecular weight excluding hydrogens is 537 g/mol. The van der Waals surface area contributed by atoms with E-state index in [1.165, 1.54) is 5.56 Å². The van der Waals surface area contributed by atoms with Crippen LogP contribution in [-0.4, -0.2) is 56.2 Å². The highest BCUT2D eigenvalue weighted by atomic mass is 127. The van der Waals surface area contributed by atoms with E-state index in [-0.39, 0.29) is 29.4 Å². The van der Waals surface area contributed by atoms with Gasteiger partial charge in [-0.25, -0.2) is 4.98 Å². The lowest BCUT2D eigenvalue weighted by atomic mass is 9.93. The van der Waals surface area contributed by atoms with E-state index in [0.717, 1.165) is 54.2 Å². The average Bonchev–Trinajstić information content (AvgIpc) is 3.40. The second-order valence-corrected chi connectivity index (χ2v) is 9.83. The smallest absolute Gasteiger partial charge is 0.191 e. The molecule has 178 valence electrons. The molecule has 0 amide bonds. The largest absolute Gasteiger partial charge is 0.497 e. The van der Waals surface area contributed by atoms with Gasteiger partial charge < -0.3 is 20.1 Å². The Bertz CT molecular complexity index is 875. The Balaban J connectivity index is 0.00000363. The SMILES string of the molecule is CN=C(NCc1nc(C(C)(C)C)cs1)NC1CCN(Cc2cc(OC)cc(OC)c2)C1.I. The fourth-order valence-electron chi connectivity index (χ4n) is 3.59. The van der Waals surface area contributed by atoms with Crippen molar-refractivity contribution in [2.45, 2.75) is 51.7 Å². The molecule has 0 spiro atoms. The molecule has 3 rings (SSSR count). The Morgan fingerprint density at radius 1 is 1.22 bits per heavy atom. The van der Waals surface area contributed by atoms with E-state index in [1.807, 2.05) is 13.1 Å². The van der Waals surface area contributed by atoms with Crippen molar-refractivity contribution < 1.29 is 9.47 Å². The number of nitrogens with zero attached hydrogens (tertiary/aromatic N) is 3. The van der Waals surface area contributed by atoms with Gasteiger partial charge in [0.05, 0.1) is 26.5 Å². The van der Waals surface area contributed by atoms with Crippen LogP contribution >= 0.6 is 35.3 Å². The van der Waals surface area contributed by atoms with E-state index in [4.69, 9.17) is 14.5 Å². The van der Waals surface area contributed by atoms with E-state index >= 15 is 0 Å². The predicted octanol–water partition coefficient (Wildman–Crippen LogP) is 4.02. The molecular formula is C23H36IN5O2S. The zero-order valence-electron chi connectivity index (χ0n) is 19.9.